The summed E-state index contributed by atoms with van der Waals surface area (Å²) in [6.07, 6.45) is 0. The third-order valence-electron chi connectivity index (χ3n) is 6.10. The van der Waals surface area contributed by atoms with Crippen molar-refractivity contribution >= 4 is 44.8 Å². The standard InChI is InChI=1S/C27H29Cl2N3O6S/c28-20-5-10-25(23(19-20)27(34)32-13-11-31(12-14-32)15-17-37-18-16-33)30-39(35,36)22-8-6-21(7-9-22)38-26-4-2-1-3-24(26)29/h1-10,19,30,33H,11-18H2. The van der Waals surface area contributed by atoms with Gasteiger partial charge in [-0.15, -0.1) is 0 Å². The van der Waals surface area contributed by atoms with E-state index in [-0.39, 0.29) is 28.7 Å². The molecule has 0 unspecified atom stereocenters. The van der Waals surface area contributed by atoms with Gasteiger partial charge in [0.25, 0.3) is 15.9 Å². The Kier molecular flexibility index (Phi) is 10.1. The summed E-state index contributed by atoms with van der Waals surface area (Å²) in [6, 6.07) is 17.3. The number of carbonyl (C=O) groups excluding carboxylic acids is 1. The number of benzene rings is 3. The first-order chi connectivity index (χ1) is 18.8. The average Bonchev–Trinajstić information content (AvgIpc) is 2.93. The van der Waals surface area contributed by atoms with E-state index in [0.717, 1.165) is 0 Å². The van der Waals surface area contributed by atoms with Crippen LogP contribution >= 0.6 is 23.2 Å². The quantitative estimate of drug-likeness (QED) is 0.318. The molecule has 208 valence electrons. The molecule has 1 aliphatic heterocycles. The molecule has 9 nitrogen and oxygen atoms in total. The molecule has 0 aromatic heterocycles. The van der Waals surface area contributed by atoms with Crippen molar-refractivity contribution in [1.82, 2.24) is 9.80 Å². The van der Waals surface area contributed by atoms with E-state index in [0.29, 0.717) is 67.5 Å². The van der Waals surface area contributed by atoms with Crippen LogP contribution in [-0.4, -0.2) is 81.8 Å². The van der Waals surface area contributed by atoms with Gasteiger partial charge in [0.15, 0.2) is 0 Å². The van der Waals surface area contributed by atoms with Crippen molar-refractivity contribution in [3.05, 3.63) is 82.3 Å². The lowest BCUT2D eigenvalue weighted by Gasteiger charge is -2.35. The summed E-state index contributed by atoms with van der Waals surface area (Å²) in [5.41, 5.74) is 0.310. The highest BCUT2D eigenvalue weighted by atomic mass is 35.5. The zero-order chi connectivity index (χ0) is 27.8. The van der Waals surface area contributed by atoms with Gasteiger partial charge in [-0.2, -0.15) is 0 Å². The maximum atomic E-state index is 13.4. The second-order valence-corrected chi connectivity index (χ2v) is 11.3. The Labute approximate surface area is 237 Å². The fourth-order valence-electron chi connectivity index (χ4n) is 4.03. The lowest BCUT2D eigenvalue weighted by atomic mass is 10.1. The summed E-state index contributed by atoms with van der Waals surface area (Å²) >= 11 is 12.3. The van der Waals surface area contributed by atoms with E-state index in [2.05, 4.69) is 9.62 Å². The van der Waals surface area contributed by atoms with Crippen molar-refractivity contribution < 1.29 is 27.8 Å². The number of halogens is 2. The zero-order valence-corrected chi connectivity index (χ0v) is 23.4. The van der Waals surface area contributed by atoms with Crippen LogP contribution in [0.2, 0.25) is 10.0 Å². The molecule has 0 bridgehead atoms. The van der Waals surface area contributed by atoms with Crippen molar-refractivity contribution in [1.29, 1.82) is 0 Å². The van der Waals surface area contributed by atoms with E-state index < -0.39 is 10.0 Å². The van der Waals surface area contributed by atoms with Crippen LogP contribution in [0, 0.1) is 0 Å². The number of sulfonamides is 1. The van der Waals surface area contributed by atoms with Gasteiger partial charge in [-0.1, -0.05) is 35.3 Å². The Morgan fingerprint density at radius 1 is 0.949 bits per heavy atom. The molecule has 0 radical (unpaired) electrons. The minimum absolute atomic E-state index is 0.000566. The summed E-state index contributed by atoms with van der Waals surface area (Å²) in [7, 11) is -4.02. The zero-order valence-electron chi connectivity index (χ0n) is 21.1. The summed E-state index contributed by atoms with van der Waals surface area (Å²) in [5, 5.41) is 9.57. The van der Waals surface area contributed by atoms with Gasteiger partial charge in [-0.3, -0.25) is 14.4 Å². The number of aliphatic hydroxyl groups is 1. The first-order valence-corrected chi connectivity index (χ1v) is 14.6. The fourth-order valence-corrected chi connectivity index (χ4v) is 5.46. The highest BCUT2D eigenvalue weighted by molar-refractivity contribution is 7.92. The van der Waals surface area contributed by atoms with Gasteiger partial charge in [0, 0.05) is 37.7 Å². The Bertz CT molecular complexity index is 1380. The molecule has 2 N–H and O–H groups in total. The van der Waals surface area contributed by atoms with Gasteiger partial charge < -0.3 is 19.5 Å². The van der Waals surface area contributed by atoms with E-state index in [1.807, 2.05) is 0 Å². The molecule has 1 saturated heterocycles. The second-order valence-electron chi connectivity index (χ2n) is 8.77. The third-order valence-corrected chi connectivity index (χ3v) is 8.03. The third kappa shape index (κ3) is 7.84. The number of aliphatic hydroxyl groups excluding tert-OH is 1. The lowest BCUT2D eigenvalue weighted by molar-refractivity contribution is 0.0487. The minimum Gasteiger partial charge on any atom is -0.456 e. The minimum atomic E-state index is -4.02. The summed E-state index contributed by atoms with van der Waals surface area (Å²) < 4.78 is 40.0. The van der Waals surface area contributed by atoms with E-state index >= 15 is 0 Å². The number of para-hydroxylation sites is 1. The first kappa shape index (κ1) is 29.1. The fraction of sp³-hybridized carbons (Fsp3) is 0.296. The van der Waals surface area contributed by atoms with Crippen LogP contribution in [0.4, 0.5) is 5.69 Å². The number of ether oxygens (including phenoxy) is 2. The molecule has 1 fully saturated rings. The van der Waals surface area contributed by atoms with E-state index in [9.17, 15) is 13.2 Å². The molecule has 39 heavy (non-hydrogen) atoms. The van der Waals surface area contributed by atoms with Crippen LogP contribution in [0.1, 0.15) is 10.4 Å². The molecular formula is C27H29Cl2N3O6S. The van der Waals surface area contributed by atoms with Crippen molar-refractivity contribution in [2.45, 2.75) is 4.90 Å². The first-order valence-electron chi connectivity index (χ1n) is 12.3. The maximum absolute atomic E-state index is 13.4. The van der Waals surface area contributed by atoms with Crippen molar-refractivity contribution in [2.24, 2.45) is 0 Å². The Hall–Kier alpha value is -2.86. The molecule has 0 saturated carbocycles. The number of nitrogens with one attached hydrogen (secondary N) is 1. The number of amides is 1. The largest absolute Gasteiger partial charge is 0.456 e. The molecule has 3 aromatic carbocycles. The number of anilines is 1. The van der Waals surface area contributed by atoms with Gasteiger partial charge in [-0.25, -0.2) is 8.42 Å². The molecular weight excluding hydrogens is 565 g/mol. The van der Waals surface area contributed by atoms with Crippen molar-refractivity contribution in [3.8, 4) is 11.5 Å². The maximum Gasteiger partial charge on any atom is 0.261 e. The predicted octanol–water partition coefficient (Wildman–Crippen LogP) is 4.35. The molecule has 1 heterocycles. The summed E-state index contributed by atoms with van der Waals surface area (Å²) in [4.78, 5) is 17.2. The number of piperazine rings is 1. The highest BCUT2D eigenvalue weighted by Crippen LogP contribution is 2.30. The molecule has 0 aliphatic carbocycles. The van der Waals surface area contributed by atoms with E-state index in [1.54, 1.807) is 29.2 Å². The van der Waals surface area contributed by atoms with E-state index in [4.69, 9.17) is 37.8 Å². The Morgan fingerprint density at radius 3 is 2.36 bits per heavy atom. The monoisotopic (exact) mass is 593 g/mol. The normalized spacial score (nSPS) is 14.3. The van der Waals surface area contributed by atoms with Crippen LogP contribution < -0.4 is 9.46 Å². The topological polar surface area (TPSA) is 108 Å². The molecule has 12 heteroatoms. The van der Waals surface area contributed by atoms with Crippen LogP contribution in [0.15, 0.2) is 71.6 Å². The Morgan fingerprint density at radius 2 is 1.67 bits per heavy atom. The highest BCUT2D eigenvalue weighted by Gasteiger charge is 2.26. The number of carbonyl (C=O) groups is 1. The smallest absolute Gasteiger partial charge is 0.261 e. The van der Waals surface area contributed by atoms with Crippen LogP contribution in [0.5, 0.6) is 11.5 Å². The summed E-state index contributed by atoms with van der Waals surface area (Å²) in [6.45, 7) is 3.74. The molecule has 3 aromatic rings. The molecule has 0 spiro atoms. The van der Waals surface area contributed by atoms with Gasteiger partial charge in [0.05, 0.1) is 41.0 Å². The van der Waals surface area contributed by atoms with Crippen LogP contribution in [0.25, 0.3) is 0 Å². The molecule has 0 atom stereocenters. The van der Waals surface area contributed by atoms with Gasteiger partial charge in [0.2, 0.25) is 0 Å². The van der Waals surface area contributed by atoms with Crippen molar-refractivity contribution in [2.75, 3.05) is 57.3 Å². The van der Waals surface area contributed by atoms with Gasteiger partial charge >= 0.3 is 0 Å². The predicted molar refractivity (Wildman–Crippen MR) is 150 cm³/mol. The molecule has 4 rings (SSSR count). The Balaban J connectivity index is 1.43. The van der Waals surface area contributed by atoms with E-state index in [1.165, 1.54) is 42.5 Å². The van der Waals surface area contributed by atoms with Crippen LogP contribution in [-0.2, 0) is 14.8 Å². The van der Waals surface area contributed by atoms with Crippen molar-refractivity contribution in [3.63, 3.8) is 0 Å². The number of hydrogen-bond acceptors (Lipinski definition) is 7. The second kappa shape index (κ2) is 13.5. The lowest BCUT2D eigenvalue weighted by Crippen LogP contribution is -2.49. The summed E-state index contributed by atoms with van der Waals surface area (Å²) in [5.74, 6) is 0.562. The average molecular weight is 595 g/mol. The number of rotatable bonds is 11. The number of hydrogen-bond donors (Lipinski definition) is 2. The molecule has 1 aliphatic rings. The number of nitrogens with zero attached hydrogens (tertiary/aromatic N) is 2. The molecule has 1 amide bonds. The van der Waals surface area contributed by atoms with Gasteiger partial charge in [-0.05, 0) is 54.6 Å². The SMILES string of the molecule is O=C(c1cc(Cl)ccc1NS(=O)(=O)c1ccc(Oc2ccccc2Cl)cc1)N1CCN(CCOCCO)CC1. The van der Waals surface area contributed by atoms with Gasteiger partial charge in [0.1, 0.15) is 11.5 Å². The van der Waals surface area contributed by atoms with Crippen LogP contribution in [0.3, 0.4) is 0 Å².